The molecular formula is C26H25ClN2O2S2. The second-order valence-electron chi connectivity index (χ2n) is 9.51. The van der Waals surface area contributed by atoms with Crippen molar-refractivity contribution in [3.05, 3.63) is 79.2 Å². The molecule has 6 rings (SSSR count). The van der Waals surface area contributed by atoms with Gasteiger partial charge in [-0.05, 0) is 73.3 Å². The van der Waals surface area contributed by atoms with Gasteiger partial charge in [-0.2, -0.15) is 0 Å². The Labute approximate surface area is 206 Å². The number of benzene rings is 2. The number of rotatable bonds is 4. The van der Waals surface area contributed by atoms with Gasteiger partial charge in [0.1, 0.15) is 6.54 Å². The van der Waals surface area contributed by atoms with Gasteiger partial charge in [-0.1, -0.05) is 53.3 Å². The number of carbonyl (C=O) groups excluding carboxylic acids is 1. The Morgan fingerprint density at radius 3 is 2.67 bits per heavy atom. The summed E-state index contributed by atoms with van der Waals surface area (Å²) in [7, 11) is 0. The molecule has 0 spiro atoms. The van der Waals surface area contributed by atoms with E-state index in [-0.39, 0.29) is 23.2 Å². The number of nitrogens with zero attached hydrogens (tertiary/aromatic N) is 1. The number of halogens is 1. The van der Waals surface area contributed by atoms with Gasteiger partial charge in [0.15, 0.2) is 0 Å². The molecule has 4 nitrogen and oxygen atoms in total. The van der Waals surface area contributed by atoms with Gasteiger partial charge in [0.25, 0.3) is 0 Å². The van der Waals surface area contributed by atoms with E-state index < -0.39 is 0 Å². The fourth-order valence-corrected chi connectivity index (χ4v) is 9.45. The molecule has 0 saturated heterocycles. The molecule has 1 aliphatic heterocycles. The molecule has 2 heterocycles. The lowest BCUT2D eigenvalue weighted by Crippen LogP contribution is -2.34. The zero-order valence-electron chi connectivity index (χ0n) is 18.3. The summed E-state index contributed by atoms with van der Waals surface area (Å²) < 4.78 is 1.71. The molecule has 33 heavy (non-hydrogen) atoms. The average Bonchev–Trinajstić information content (AvgIpc) is 3.49. The summed E-state index contributed by atoms with van der Waals surface area (Å²) >= 11 is 9.37. The normalized spacial score (nSPS) is 27.3. The third kappa shape index (κ3) is 3.67. The minimum Gasteiger partial charge on any atom is -0.324 e. The molecule has 0 unspecified atom stereocenters. The van der Waals surface area contributed by atoms with Crippen LogP contribution in [0, 0.1) is 24.7 Å². The first kappa shape index (κ1) is 21.5. The third-order valence-electron chi connectivity index (χ3n) is 7.64. The maximum absolute atomic E-state index is 13.2. The number of hydrogen-bond donors (Lipinski definition) is 1. The monoisotopic (exact) mass is 496 g/mol. The summed E-state index contributed by atoms with van der Waals surface area (Å²) in [6, 6.07) is 15.9. The minimum atomic E-state index is -0.161. The second kappa shape index (κ2) is 8.33. The van der Waals surface area contributed by atoms with Gasteiger partial charge in [-0.15, -0.1) is 11.8 Å². The highest BCUT2D eigenvalue weighted by atomic mass is 35.5. The summed E-state index contributed by atoms with van der Waals surface area (Å²) in [4.78, 5) is 27.2. The number of aromatic nitrogens is 1. The van der Waals surface area contributed by atoms with E-state index in [9.17, 15) is 9.59 Å². The fraction of sp³-hybridized carbons (Fsp3) is 0.385. The smallest absolute Gasteiger partial charge is 0.308 e. The number of thiazole rings is 1. The SMILES string of the molecule is Cc1ccccc1NC(=O)Cn1c2c(sc1=O)[C@H](c1ccc(Cl)cc1)[C@@H]1[C@@H]3CC[C@@H](C3)[C@@H]1S2. The number of fused-ring (bicyclic) bond motifs is 6. The first-order chi connectivity index (χ1) is 16.0. The molecular weight excluding hydrogens is 472 g/mol. The van der Waals surface area contributed by atoms with Crippen molar-refractivity contribution < 1.29 is 4.79 Å². The molecule has 1 aromatic heterocycles. The Morgan fingerprint density at radius 2 is 1.88 bits per heavy atom. The van der Waals surface area contributed by atoms with Crippen LogP contribution in [0.15, 0.2) is 58.4 Å². The van der Waals surface area contributed by atoms with Crippen molar-refractivity contribution in [2.75, 3.05) is 5.32 Å². The van der Waals surface area contributed by atoms with Crippen molar-refractivity contribution >= 4 is 46.3 Å². The Morgan fingerprint density at radius 1 is 1.12 bits per heavy atom. The Balaban J connectivity index is 1.37. The molecule has 5 atom stereocenters. The zero-order chi connectivity index (χ0) is 22.7. The van der Waals surface area contributed by atoms with Crippen LogP contribution < -0.4 is 10.2 Å². The predicted molar refractivity (Wildman–Crippen MR) is 136 cm³/mol. The number of nitrogens with one attached hydrogen (secondary N) is 1. The van der Waals surface area contributed by atoms with Gasteiger partial charge in [0.05, 0.1) is 5.03 Å². The molecule has 1 amide bonds. The van der Waals surface area contributed by atoms with Crippen LogP contribution in [0.2, 0.25) is 5.02 Å². The molecule has 170 valence electrons. The van der Waals surface area contributed by atoms with E-state index in [4.69, 9.17) is 11.6 Å². The molecule has 1 N–H and O–H groups in total. The molecule has 2 aromatic carbocycles. The first-order valence-electron chi connectivity index (χ1n) is 11.5. The molecule has 0 radical (unpaired) electrons. The Kier molecular flexibility index (Phi) is 5.43. The lowest BCUT2D eigenvalue weighted by Gasteiger charge is -2.40. The van der Waals surface area contributed by atoms with Crippen molar-refractivity contribution in [3.8, 4) is 0 Å². The van der Waals surface area contributed by atoms with Crippen molar-refractivity contribution in [1.29, 1.82) is 0 Å². The maximum atomic E-state index is 13.2. The van der Waals surface area contributed by atoms with Crippen LogP contribution in [0.4, 0.5) is 5.69 Å². The van der Waals surface area contributed by atoms with Crippen LogP contribution in [-0.2, 0) is 11.3 Å². The van der Waals surface area contributed by atoms with Crippen molar-refractivity contribution in [2.45, 2.75) is 48.9 Å². The van der Waals surface area contributed by atoms with Crippen LogP contribution >= 0.6 is 34.7 Å². The summed E-state index contributed by atoms with van der Waals surface area (Å²) in [5, 5.41) is 5.23. The summed E-state index contributed by atoms with van der Waals surface area (Å²) in [5.41, 5.74) is 3.04. The number of carbonyl (C=O) groups is 1. The van der Waals surface area contributed by atoms with Crippen LogP contribution in [0.1, 0.15) is 41.2 Å². The average molecular weight is 497 g/mol. The number of para-hydroxylation sites is 1. The fourth-order valence-electron chi connectivity index (χ4n) is 6.18. The first-order valence-corrected chi connectivity index (χ1v) is 13.6. The van der Waals surface area contributed by atoms with Crippen LogP contribution in [0.5, 0.6) is 0 Å². The molecule has 3 aliphatic rings. The van der Waals surface area contributed by atoms with Crippen molar-refractivity contribution in [2.24, 2.45) is 17.8 Å². The van der Waals surface area contributed by atoms with Crippen LogP contribution in [0.25, 0.3) is 0 Å². The van der Waals surface area contributed by atoms with Gasteiger partial charge in [-0.3, -0.25) is 14.2 Å². The standard InChI is InChI=1S/C26H25ClN2O2S2/c1-14-4-2-3-5-19(14)28-20(30)13-29-25-24(33-26(29)31)21(15-8-10-18(27)11-9-15)22-16-6-7-17(12-16)23(22)32-25/h2-5,8-11,16-17,21-23H,6-7,12-13H2,1H3,(H,28,30)/t16-,17+,21-,22+,23+/m1/s1. The van der Waals surface area contributed by atoms with Crippen molar-refractivity contribution in [1.82, 2.24) is 4.57 Å². The molecule has 2 fully saturated rings. The van der Waals surface area contributed by atoms with E-state index in [0.717, 1.165) is 32.1 Å². The lowest BCUT2D eigenvalue weighted by molar-refractivity contribution is -0.116. The predicted octanol–water partition coefficient (Wildman–Crippen LogP) is 6.16. The van der Waals surface area contributed by atoms with E-state index in [1.807, 2.05) is 55.1 Å². The highest BCUT2D eigenvalue weighted by molar-refractivity contribution is 8.00. The van der Waals surface area contributed by atoms with E-state index >= 15 is 0 Å². The minimum absolute atomic E-state index is 0.0429. The highest BCUT2D eigenvalue weighted by Gasteiger charge is 2.55. The Hall–Kier alpha value is -2.02. The largest absolute Gasteiger partial charge is 0.324 e. The molecule has 2 saturated carbocycles. The van der Waals surface area contributed by atoms with Gasteiger partial charge in [0, 0.05) is 26.8 Å². The number of anilines is 1. The molecule has 3 aromatic rings. The number of amides is 1. The summed E-state index contributed by atoms with van der Waals surface area (Å²) in [6.45, 7) is 2.01. The maximum Gasteiger partial charge on any atom is 0.308 e. The van der Waals surface area contributed by atoms with Gasteiger partial charge in [-0.25, -0.2) is 0 Å². The number of aryl methyl sites for hydroxylation is 1. The van der Waals surface area contributed by atoms with Gasteiger partial charge in [0.2, 0.25) is 5.91 Å². The number of thioether (sulfide) groups is 1. The topological polar surface area (TPSA) is 51.1 Å². The summed E-state index contributed by atoms with van der Waals surface area (Å²) in [5.74, 6) is 2.02. The van der Waals surface area contributed by atoms with E-state index in [2.05, 4.69) is 17.4 Å². The molecule has 7 heteroatoms. The van der Waals surface area contributed by atoms with E-state index in [1.165, 1.54) is 36.2 Å². The van der Waals surface area contributed by atoms with Crippen LogP contribution in [0.3, 0.4) is 0 Å². The van der Waals surface area contributed by atoms with Crippen LogP contribution in [-0.4, -0.2) is 15.7 Å². The Bertz CT molecular complexity index is 1280. The number of hydrogen-bond acceptors (Lipinski definition) is 4. The van der Waals surface area contributed by atoms with E-state index in [1.54, 1.807) is 4.57 Å². The van der Waals surface area contributed by atoms with E-state index in [0.29, 0.717) is 17.1 Å². The van der Waals surface area contributed by atoms with Crippen molar-refractivity contribution in [3.63, 3.8) is 0 Å². The van der Waals surface area contributed by atoms with Gasteiger partial charge < -0.3 is 5.32 Å². The zero-order valence-corrected chi connectivity index (χ0v) is 20.7. The molecule has 2 aliphatic carbocycles. The van der Waals surface area contributed by atoms with Gasteiger partial charge >= 0.3 is 4.87 Å². The summed E-state index contributed by atoms with van der Waals surface area (Å²) in [6.07, 6.45) is 3.86. The second-order valence-corrected chi connectivity index (χ2v) is 12.1. The quantitative estimate of drug-likeness (QED) is 0.470. The molecule has 2 bridgehead atoms. The third-order valence-corrected chi connectivity index (χ3v) is 10.7. The lowest BCUT2D eigenvalue weighted by atomic mass is 9.75. The highest BCUT2D eigenvalue weighted by Crippen LogP contribution is 2.64.